The van der Waals surface area contributed by atoms with Crippen LogP contribution >= 0.6 is 0 Å². The summed E-state index contributed by atoms with van der Waals surface area (Å²) in [4.78, 5) is 15.2. The predicted octanol–water partition coefficient (Wildman–Crippen LogP) is 4.22. The standard InChI is InChI=1S/C23H26N2O4/c26-23(24-18-8-5-13-27-20-10-2-1-6-16(18)20)25-12-4-9-19(25)17-7-3-11-21-22(17)29-15-14-28-21/h1-3,6-7,10-11,18-19H,4-5,8-9,12-15H2,(H,24,26). The lowest BCUT2D eigenvalue weighted by atomic mass is 10.0. The summed E-state index contributed by atoms with van der Waals surface area (Å²) in [6, 6.07) is 13.9. The predicted molar refractivity (Wildman–Crippen MR) is 109 cm³/mol. The molecule has 2 amide bonds. The van der Waals surface area contributed by atoms with Gasteiger partial charge in [0.05, 0.1) is 18.7 Å². The maximum atomic E-state index is 13.3. The van der Waals surface area contributed by atoms with Crippen LogP contribution in [0.25, 0.3) is 0 Å². The first-order chi connectivity index (χ1) is 14.3. The SMILES string of the molecule is O=C(NC1CCCOc2ccccc21)N1CCCC1c1cccc2c1OCCO2. The number of rotatable bonds is 2. The maximum Gasteiger partial charge on any atom is 0.318 e. The molecule has 1 N–H and O–H groups in total. The molecule has 2 aromatic carbocycles. The Labute approximate surface area is 170 Å². The van der Waals surface area contributed by atoms with Gasteiger partial charge in [-0.15, -0.1) is 0 Å². The molecule has 2 unspecified atom stereocenters. The average molecular weight is 394 g/mol. The second-order valence-electron chi connectivity index (χ2n) is 7.75. The Hall–Kier alpha value is -2.89. The van der Waals surface area contributed by atoms with Crippen molar-refractivity contribution in [3.8, 4) is 17.2 Å². The highest BCUT2D eigenvalue weighted by Crippen LogP contribution is 2.43. The topological polar surface area (TPSA) is 60.0 Å². The Bertz CT molecular complexity index is 900. The van der Waals surface area contributed by atoms with Crippen molar-refractivity contribution in [2.45, 2.75) is 37.8 Å². The van der Waals surface area contributed by atoms with Crippen LogP contribution in [0.4, 0.5) is 4.79 Å². The van der Waals surface area contributed by atoms with E-state index in [1.165, 1.54) is 0 Å². The van der Waals surface area contributed by atoms with Crippen LogP contribution in [0.5, 0.6) is 17.2 Å². The molecule has 1 fully saturated rings. The largest absolute Gasteiger partial charge is 0.493 e. The first-order valence-corrected chi connectivity index (χ1v) is 10.5. The zero-order valence-electron chi connectivity index (χ0n) is 16.4. The number of fused-ring (bicyclic) bond motifs is 2. The van der Waals surface area contributed by atoms with Gasteiger partial charge in [0.1, 0.15) is 19.0 Å². The molecule has 0 aromatic heterocycles. The number of ether oxygens (including phenoxy) is 3. The fourth-order valence-corrected chi connectivity index (χ4v) is 4.60. The molecule has 0 aliphatic carbocycles. The van der Waals surface area contributed by atoms with E-state index in [9.17, 15) is 4.79 Å². The summed E-state index contributed by atoms with van der Waals surface area (Å²) >= 11 is 0. The Kier molecular flexibility index (Phi) is 4.92. The van der Waals surface area contributed by atoms with E-state index >= 15 is 0 Å². The normalized spacial score (nSPS) is 23.0. The van der Waals surface area contributed by atoms with E-state index in [1.54, 1.807) is 0 Å². The summed E-state index contributed by atoms with van der Waals surface area (Å²) in [7, 11) is 0. The highest BCUT2D eigenvalue weighted by Gasteiger charge is 2.35. The van der Waals surface area contributed by atoms with Crippen molar-refractivity contribution in [2.75, 3.05) is 26.4 Å². The monoisotopic (exact) mass is 394 g/mol. The van der Waals surface area contributed by atoms with Crippen molar-refractivity contribution in [2.24, 2.45) is 0 Å². The molecule has 0 bridgehead atoms. The van der Waals surface area contributed by atoms with Crippen LogP contribution < -0.4 is 19.5 Å². The summed E-state index contributed by atoms with van der Waals surface area (Å²) in [5.41, 5.74) is 2.10. The number of carbonyl (C=O) groups is 1. The minimum atomic E-state index is -0.0354. The molecule has 3 aliphatic rings. The van der Waals surface area contributed by atoms with E-state index in [1.807, 2.05) is 41.3 Å². The van der Waals surface area contributed by atoms with E-state index in [2.05, 4.69) is 11.4 Å². The van der Waals surface area contributed by atoms with Gasteiger partial charge >= 0.3 is 6.03 Å². The number of nitrogens with zero attached hydrogens (tertiary/aromatic N) is 1. The van der Waals surface area contributed by atoms with Crippen molar-refractivity contribution in [3.63, 3.8) is 0 Å². The Balaban J connectivity index is 1.38. The van der Waals surface area contributed by atoms with Crippen LogP contribution in [0, 0.1) is 0 Å². The highest BCUT2D eigenvalue weighted by atomic mass is 16.6. The van der Waals surface area contributed by atoms with Crippen LogP contribution in [-0.4, -0.2) is 37.3 Å². The van der Waals surface area contributed by atoms with Crippen molar-refractivity contribution in [3.05, 3.63) is 53.6 Å². The minimum Gasteiger partial charge on any atom is -0.493 e. The van der Waals surface area contributed by atoms with Gasteiger partial charge in [0, 0.05) is 17.7 Å². The molecular weight excluding hydrogens is 368 g/mol. The molecule has 29 heavy (non-hydrogen) atoms. The smallest absolute Gasteiger partial charge is 0.318 e. The molecule has 0 radical (unpaired) electrons. The van der Waals surface area contributed by atoms with Crippen molar-refractivity contribution < 1.29 is 19.0 Å². The molecule has 6 nitrogen and oxygen atoms in total. The quantitative estimate of drug-likeness (QED) is 0.829. The lowest BCUT2D eigenvalue weighted by molar-refractivity contribution is 0.162. The number of para-hydroxylation sites is 2. The third kappa shape index (κ3) is 3.48. The second-order valence-corrected chi connectivity index (χ2v) is 7.75. The Morgan fingerprint density at radius 2 is 1.66 bits per heavy atom. The number of hydrogen-bond donors (Lipinski definition) is 1. The first kappa shape index (κ1) is 18.2. The molecule has 1 saturated heterocycles. The second kappa shape index (κ2) is 7.85. The lowest BCUT2D eigenvalue weighted by Crippen LogP contribution is -2.41. The van der Waals surface area contributed by atoms with Gasteiger partial charge in [0.15, 0.2) is 11.5 Å². The molecule has 3 aliphatic heterocycles. The molecule has 2 aromatic rings. The lowest BCUT2D eigenvalue weighted by Gasteiger charge is -2.30. The Morgan fingerprint density at radius 1 is 0.862 bits per heavy atom. The van der Waals surface area contributed by atoms with Crippen LogP contribution in [-0.2, 0) is 0 Å². The molecule has 6 heteroatoms. The molecular formula is C23H26N2O4. The van der Waals surface area contributed by atoms with Gasteiger partial charge in [-0.1, -0.05) is 30.3 Å². The van der Waals surface area contributed by atoms with Gasteiger partial charge in [-0.3, -0.25) is 0 Å². The van der Waals surface area contributed by atoms with E-state index in [4.69, 9.17) is 14.2 Å². The molecule has 3 heterocycles. The van der Waals surface area contributed by atoms with Gasteiger partial charge in [0.2, 0.25) is 0 Å². The summed E-state index contributed by atoms with van der Waals surface area (Å²) in [6.07, 6.45) is 3.70. The number of benzene rings is 2. The van der Waals surface area contributed by atoms with Crippen LogP contribution in [0.15, 0.2) is 42.5 Å². The summed E-state index contributed by atoms with van der Waals surface area (Å²) in [5.74, 6) is 2.43. The molecule has 0 saturated carbocycles. The van der Waals surface area contributed by atoms with Gasteiger partial charge in [0.25, 0.3) is 0 Å². The zero-order chi connectivity index (χ0) is 19.6. The Morgan fingerprint density at radius 3 is 2.62 bits per heavy atom. The molecule has 2 atom stereocenters. The molecule has 152 valence electrons. The number of amides is 2. The van der Waals surface area contributed by atoms with Crippen molar-refractivity contribution in [1.82, 2.24) is 10.2 Å². The van der Waals surface area contributed by atoms with Gasteiger partial charge in [-0.05, 0) is 37.8 Å². The summed E-state index contributed by atoms with van der Waals surface area (Å²) in [6.45, 7) is 2.53. The molecule has 5 rings (SSSR count). The van der Waals surface area contributed by atoms with Gasteiger partial charge in [-0.25, -0.2) is 4.79 Å². The number of likely N-dealkylation sites (tertiary alicyclic amines) is 1. The summed E-state index contributed by atoms with van der Waals surface area (Å²) in [5, 5.41) is 3.27. The maximum absolute atomic E-state index is 13.3. The van der Waals surface area contributed by atoms with Gasteiger partial charge in [-0.2, -0.15) is 0 Å². The van der Waals surface area contributed by atoms with Crippen molar-refractivity contribution >= 4 is 6.03 Å². The number of carbonyl (C=O) groups excluding carboxylic acids is 1. The summed E-state index contributed by atoms with van der Waals surface area (Å²) < 4.78 is 17.5. The first-order valence-electron chi connectivity index (χ1n) is 10.5. The van der Waals surface area contributed by atoms with Crippen LogP contribution in [0.1, 0.15) is 48.9 Å². The third-order valence-electron chi connectivity index (χ3n) is 5.96. The minimum absolute atomic E-state index is 0.00363. The van der Waals surface area contributed by atoms with Crippen LogP contribution in [0.3, 0.4) is 0 Å². The number of nitrogens with one attached hydrogen (secondary N) is 1. The fourth-order valence-electron chi connectivity index (χ4n) is 4.60. The van der Waals surface area contributed by atoms with E-state index in [0.717, 1.165) is 60.6 Å². The zero-order valence-corrected chi connectivity index (χ0v) is 16.4. The number of urea groups is 1. The van der Waals surface area contributed by atoms with Gasteiger partial charge < -0.3 is 24.4 Å². The van der Waals surface area contributed by atoms with E-state index < -0.39 is 0 Å². The van der Waals surface area contributed by atoms with Crippen LogP contribution in [0.2, 0.25) is 0 Å². The molecule has 0 spiro atoms. The third-order valence-corrected chi connectivity index (χ3v) is 5.96. The van der Waals surface area contributed by atoms with Crippen molar-refractivity contribution in [1.29, 1.82) is 0 Å². The highest BCUT2D eigenvalue weighted by molar-refractivity contribution is 5.76. The van der Waals surface area contributed by atoms with E-state index in [0.29, 0.717) is 19.8 Å². The number of hydrogen-bond acceptors (Lipinski definition) is 4. The fraction of sp³-hybridized carbons (Fsp3) is 0.435. The average Bonchev–Trinajstić information content (AvgIpc) is 3.17. The van der Waals surface area contributed by atoms with E-state index in [-0.39, 0.29) is 18.1 Å².